The molecule has 4 nitrogen and oxygen atoms in total. The second-order valence-corrected chi connectivity index (χ2v) is 6.83. The zero-order valence-electron chi connectivity index (χ0n) is 14.3. The third kappa shape index (κ3) is 5.26. The molecular weight excluding hydrogens is 264 g/mol. The van der Waals surface area contributed by atoms with Gasteiger partial charge in [0.1, 0.15) is 5.54 Å². The summed E-state index contributed by atoms with van der Waals surface area (Å²) in [6.07, 6.45) is 7.30. The predicted octanol–water partition coefficient (Wildman–Crippen LogP) is 3.26. The van der Waals surface area contributed by atoms with E-state index in [1.54, 1.807) is 0 Å². The summed E-state index contributed by atoms with van der Waals surface area (Å²) in [5, 5.41) is 13.0. The number of aliphatic carboxylic acids is 1. The zero-order chi connectivity index (χ0) is 15.9. The highest BCUT2D eigenvalue weighted by atomic mass is 16.4. The van der Waals surface area contributed by atoms with Crippen LogP contribution in [0.25, 0.3) is 0 Å². The lowest BCUT2D eigenvalue weighted by Crippen LogP contribution is -2.54. The molecule has 0 aromatic rings. The SMILES string of the molecule is CCCCN(CCCC)C1CCC(NC(C)C)(C(=O)O)C1. The maximum absolute atomic E-state index is 11.8. The van der Waals surface area contributed by atoms with Crippen LogP contribution in [0.2, 0.25) is 0 Å². The second kappa shape index (κ2) is 8.74. The first kappa shape index (κ1) is 18.4. The number of carboxylic acid groups (broad SMARTS) is 1. The molecule has 2 N–H and O–H groups in total. The molecule has 0 spiro atoms. The van der Waals surface area contributed by atoms with Crippen LogP contribution in [0.5, 0.6) is 0 Å². The fourth-order valence-corrected chi connectivity index (χ4v) is 3.47. The van der Waals surface area contributed by atoms with E-state index in [1.165, 1.54) is 25.7 Å². The lowest BCUT2D eigenvalue weighted by atomic mass is 9.96. The Morgan fingerprint density at radius 2 is 1.86 bits per heavy atom. The molecule has 4 heteroatoms. The van der Waals surface area contributed by atoms with Gasteiger partial charge in [-0.15, -0.1) is 0 Å². The van der Waals surface area contributed by atoms with Crippen molar-refractivity contribution in [3.05, 3.63) is 0 Å². The summed E-state index contributed by atoms with van der Waals surface area (Å²) in [6.45, 7) is 10.7. The van der Waals surface area contributed by atoms with Gasteiger partial charge in [0, 0.05) is 12.1 Å². The maximum atomic E-state index is 11.8. The third-order valence-corrected chi connectivity index (χ3v) is 4.58. The van der Waals surface area contributed by atoms with Gasteiger partial charge in [0.05, 0.1) is 0 Å². The third-order valence-electron chi connectivity index (χ3n) is 4.58. The second-order valence-electron chi connectivity index (χ2n) is 6.83. The highest BCUT2D eigenvalue weighted by molar-refractivity contribution is 5.79. The first-order chi connectivity index (χ1) is 9.95. The Hall–Kier alpha value is -0.610. The monoisotopic (exact) mass is 298 g/mol. The molecule has 0 heterocycles. The van der Waals surface area contributed by atoms with E-state index < -0.39 is 11.5 Å². The lowest BCUT2D eigenvalue weighted by Gasteiger charge is -2.32. The number of carboxylic acids is 1. The Morgan fingerprint density at radius 1 is 1.29 bits per heavy atom. The van der Waals surface area contributed by atoms with Crippen LogP contribution in [0.3, 0.4) is 0 Å². The molecule has 1 rings (SSSR count). The van der Waals surface area contributed by atoms with E-state index in [1.807, 2.05) is 13.8 Å². The average molecular weight is 298 g/mol. The van der Waals surface area contributed by atoms with Crippen LogP contribution in [0.1, 0.15) is 72.6 Å². The van der Waals surface area contributed by atoms with Crippen molar-refractivity contribution in [1.82, 2.24) is 10.2 Å². The molecule has 124 valence electrons. The van der Waals surface area contributed by atoms with E-state index in [9.17, 15) is 9.90 Å². The average Bonchev–Trinajstić information content (AvgIpc) is 2.83. The van der Waals surface area contributed by atoms with Gasteiger partial charge in [-0.25, -0.2) is 0 Å². The molecule has 2 unspecified atom stereocenters. The molecule has 0 bridgehead atoms. The largest absolute Gasteiger partial charge is 0.480 e. The van der Waals surface area contributed by atoms with Gasteiger partial charge < -0.3 is 10.0 Å². The molecule has 1 aliphatic rings. The highest BCUT2D eigenvalue weighted by Crippen LogP contribution is 2.34. The minimum Gasteiger partial charge on any atom is -0.480 e. The van der Waals surface area contributed by atoms with Crippen molar-refractivity contribution >= 4 is 5.97 Å². The molecule has 0 aromatic carbocycles. The van der Waals surface area contributed by atoms with E-state index >= 15 is 0 Å². The molecule has 2 atom stereocenters. The quantitative estimate of drug-likeness (QED) is 0.650. The minimum atomic E-state index is -0.713. The van der Waals surface area contributed by atoms with E-state index in [0.29, 0.717) is 6.04 Å². The van der Waals surface area contributed by atoms with Gasteiger partial charge in [0.25, 0.3) is 0 Å². The molecule has 0 saturated heterocycles. The number of nitrogens with one attached hydrogen (secondary N) is 1. The summed E-state index contributed by atoms with van der Waals surface area (Å²) in [6, 6.07) is 0.630. The van der Waals surface area contributed by atoms with Crippen LogP contribution in [0.4, 0.5) is 0 Å². The van der Waals surface area contributed by atoms with Gasteiger partial charge in [0.2, 0.25) is 0 Å². The van der Waals surface area contributed by atoms with E-state index in [-0.39, 0.29) is 6.04 Å². The van der Waals surface area contributed by atoms with Crippen molar-refractivity contribution in [2.75, 3.05) is 13.1 Å². The van der Waals surface area contributed by atoms with E-state index in [2.05, 4.69) is 24.1 Å². The van der Waals surface area contributed by atoms with Crippen LogP contribution in [0.15, 0.2) is 0 Å². The van der Waals surface area contributed by atoms with Gasteiger partial charge in [-0.3, -0.25) is 10.1 Å². The molecule has 1 aliphatic carbocycles. The standard InChI is InChI=1S/C17H34N2O2/c1-5-7-11-19(12-8-6-2)15-9-10-17(13-15,16(20)21)18-14(3)4/h14-15,18H,5-13H2,1-4H3,(H,20,21). The smallest absolute Gasteiger partial charge is 0.323 e. The summed E-state index contributed by atoms with van der Waals surface area (Å²) in [7, 11) is 0. The van der Waals surface area contributed by atoms with Gasteiger partial charge in [-0.1, -0.05) is 26.7 Å². The van der Waals surface area contributed by atoms with Gasteiger partial charge in [0.15, 0.2) is 0 Å². The van der Waals surface area contributed by atoms with Crippen LogP contribution in [0, 0.1) is 0 Å². The minimum absolute atomic E-state index is 0.208. The van der Waals surface area contributed by atoms with Crippen molar-refractivity contribution in [2.24, 2.45) is 0 Å². The molecule has 0 radical (unpaired) electrons. The molecule has 0 aromatic heterocycles. The van der Waals surface area contributed by atoms with Crippen LogP contribution in [-0.4, -0.2) is 46.7 Å². The molecule has 1 saturated carbocycles. The van der Waals surface area contributed by atoms with E-state index in [4.69, 9.17) is 0 Å². The van der Waals surface area contributed by atoms with Crippen LogP contribution in [-0.2, 0) is 4.79 Å². The molecule has 21 heavy (non-hydrogen) atoms. The summed E-state index contributed by atoms with van der Waals surface area (Å²) >= 11 is 0. The molecule has 0 amide bonds. The van der Waals surface area contributed by atoms with Gasteiger partial charge in [-0.05, 0) is 59.0 Å². The molecule has 0 aliphatic heterocycles. The number of carbonyl (C=O) groups is 1. The van der Waals surface area contributed by atoms with Crippen molar-refractivity contribution in [3.8, 4) is 0 Å². The fourth-order valence-electron chi connectivity index (χ4n) is 3.47. The van der Waals surface area contributed by atoms with Gasteiger partial charge >= 0.3 is 5.97 Å². The first-order valence-corrected chi connectivity index (χ1v) is 8.70. The summed E-state index contributed by atoms with van der Waals surface area (Å²) in [4.78, 5) is 14.3. The molecular formula is C17H34N2O2. The topological polar surface area (TPSA) is 52.6 Å². The Kier molecular flexibility index (Phi) is 7.67. The van der Waals surface area contributed by atoms with E-state index in [0.717, 1.165) is 32.4 Å². The summed E-state index contributed by atoms with van der Waals surface area (Å²) in [5.41, 5.74) is -0.713. The molecule has 1 fully saturated rings. The number of hydrogen-bond acceptors (Lipinski definition) is 3. The maximum Gasteiger partial charge on any atom is 0.323 e. The predicted molar refractivity (Wildman–Crippen MR) is 87.7 cm³/mol. The van der Waals surface area contributed by atoms with Crippen LogP contribution < -0.4 is 5.32 Å². The van der Waals surface area contributed by atoms with Crippen molar-refractivity contribution in [2.45, 2.75) is 90.3 Å². The van der Waals surface area contributed by atoms with Crippen molar-refractivity contribution < 1.29 is 9.90 Å². The number of rotatable bonds is 10. The fraction of sp³-hybridized carbons (Fsp3) is 0.941. The highest BCUT2D eigenvalue weighted by Gasteiger charge is 2.46. The number of nitrogens with zero attached hydrogens (tertiary/aromatic N) is 1. The summed E-state index contributed by atoms with van der Waals surface area (Å²) in [5.74, 6) is -0.676. The Balaban J connectivity index is 2.71. The van der Waals surface area contributed by atoms with Crippen LogP contribution >= 0.6 is 0 Å². The lowest BCUT2D eigenvalue weighted by molar-refractivity contribution is -0.145. The summed E-state index contributed by atoms with van der Waals surface area (Å²) < 4.78 is 0. The normalized spacial score (nSPS) is 25.9. The zero-order valence-corrected chi connectivity index (χ0v) is 14.3. The first-order valence-electron chi connectivity index (χ1n) is 8.70. The Bertz CT molecular complexity index is 312. The van der Waals surface area contributed by atoms with Crippen molar-refractivity contribution in [1.29, 1.82) is 0 Å². The number of unbranched alkanes of at least 4 members (excludes halogenated alkanes) is 2. The number of hydrogen-bond donors (Lipinski definition) is 2. The van der Waals surface area contributed by atoms with Crippen molar-refractivity contribution in [3.63, 3.8) is 0 Å². The Morgan fingerprint density at radius 3 is 2.29 bits per heavy atom. The Labute approximate surface area is 130 Å². The van der Waals surface area contributed by atoms with Gasteiger partial charge in [-0.2, -0.15) is 0 Å².